The Hall–Kier alpha value is -1.78. The average Bonchev–Trinajstić information content (AvgIpc) is 2.89. The topological polar surface area (TPSA) is 42.2 Å². The Kier molecular flexibility index (Phi) is 5.17. The lowest BCUT2D eigenvalue weighted by Gasteiger charge is -2.34. The largest absolute Gasteiger partial charge is 0.403 e. The van der Waals surface area contributed by atoms with Gasteiger partial charge in [-0.25, -0.2) is 22.8 Å². The van der Waals surface area contributed by atoms with E-state index < -0.39 is 52.5 Å². The molecule has 1 aliphatic rings. The SMILES string of the molecule is C[C@H](NC1C(c2c(F)cc(F)cc2F)C(Cl)=Nc2c(Cl)cnn21)C(F)(F)F. The Morgan fingerprint density at radius 2 is 1.74 bits per heavy atom. The van der Waals surface area contributed by atoms with Crippen molar-refractivity contribution in [3.05, 3.63) is 46.4 Å². The Morgan fingerprint density at radius 3 is 2.30 bits per heavy atom. The van der Waals surface area contributed by atoms with E-state index in [9.17, 15) is 26.3 Å². The molecule has 1 N–H and O–H groups in total. The summed E-state index contributed by atoms with van der Waals surface area (Å²) in [5.41, 5.74) is -0.741. The lowest BCUT2D eigenvalue weighted by Crippen LogP contribution is -2.47. The minimum atomic E-state index is -4.66. The number of hydrogen-bond donors (Lipinski definition) is 1. The molecule has 2 heterocycles. The first kappa shape index (κ1) is 20.0. The summed E-state index contributed by atoms with van der Waals surface area (Å²) in [6, 6.07) is -1.29. The van der Waals surface area contributed by atoms with Gasteiger partial charge in [-0.15, -0.1) is 0 Å². The Morgan fingerprint density at radius 1 is 1.15 bits per heavy atom. The van der Waals surface area contributed by atoms with Crippen LogP contribution in [0, 0.1) is 17.5 Å². The van der Waals surface area contributed by atoms with Crippen molar-refractivity contribution in [1.29, 1.82) is 0 Å². The van der Waals surface area contributed by atoms with Gasteiger partial charge < -0.3 is 0 Å². The molecule has 0 aliphatic carbocycles. The fourth-order valence-electron chi connectivity index (χ4n) is 2.73. The van der Waals surface area contributed by atoms with Crippen LogP contribution >= 0.6 is 23.2 Å². The highest BCUT2D eigenvalue weighted by Gasteiger charge is 2.44. The second-order valence-corrected chi connectivity index (χ2v) is 6.63. The lowest BCUT2D eigenvalue weighted by molar-refractivity contribution is -0.155. The number of aromatic nitrogens is 2. The maximum Gasteiger partial charge on any atom is 0.403 e. The van der Waals surface area contributed by atoms with Crippen molar-refractivity contribution in [3.8, 4) is 0 Å². The number of nitrogens with one attached hydrogen (secondary N) is 1. The maximum absolute atomic E-state index is 14.3. The first-order valence-corrected chi connectivity index (χ1v) is 8.20. The third kappa shape index (κ3) is 3.65. The quantitative estimate of drug-likeness (QED) is 0.691. The lowest BCUT2D eigenvalue weighted by atomic mass is 9.94. The summed E-state index contributed by atoms with van der Waals surface area (Å²) < 4.78 is 81.9. The van der Waals surface area contributed by atoms with E-state index in [0.717, 1.165) is 17.8 Å². The number of fused-ring (bicyclic) bond motifs is 1. The smallest absolute Gasteiger partial charge is 0.284 e. The number of benzene rings is 1. The van der Waals surface area contributed by atoms with E-state index >= 15 is 0 Å². The molecule has 2 unspecified atom stereocenters. The molecule has 146 valence electrons. The van der Waals surface area contributed by atoms with E-state index in [0.29, 0.717) is 12.1 Å². The van der Waals surface area contributed by atoms with Crippen molar-refractivity contribution >= 4 is 34.2 Å². The van der Waals surface area contributed by atoms with E-state index in [2.05, 4.69) is 15.4 Å². The predicted octanol–water partition coefficient (Wildman–Crippen LogP) is 5.06. The number of hydrogen-bond acceptors (Lipinski definition) is 3. The molecule has 12 heteroatoms. The second kappa shape index (κ2) is 6.99. The molecule has 3 rings (SSSR count). The normalized spacial score (nSPS) is 21.0. The summed E-state index contributed by atoms with van der Waals surface area (Å²) in [4.78, 5) is 3.89. The molecule has 2 aromatic rings. The van der Waals surface area contributed by atoms with Crippen molar-refractivity contribution in [2.24, 2.45) is 4.99 Å². The summed E-state index contributed by atoms with van der Waals surface area (Å²) in [5, 5.41) is 5.59. The predicted molar refractivity (Wildman–Crippen MR) is 86.9 cm³/mol. The number of halogens is 8. The molecule has 0 bridgehead atoms. The van der Waals surface area contributed by atoms with Crippen LogP contribution in [0.4, 0.5) is 32.2 Å². The molecule has 27 heavy (non-hydrogen) atoms. The zero-order valence-electron chi connectivity index (χ0n) is 13.3. The number of nitrogens with zero attached hydrogens (tertiary/aromatic N) is 3. The first-order valence-electron chi connectivity index (χ1n) is 7.45. The number of alkyl halides is 3. The first-order chi connectivity index (χ1) is 12.5. The third-order valence-electron chi connectivity index (χ3n) is 4.04. The van der Waals surface area contributed by atoms with Gasteiger partial charge in [0.2, 0.25) is 0 Å². The Balaban J connectivity index is 2.16. The molecule has 1 aliphatic heterocycles. The minimum absolute atomic E-state index is 0.0156. The van der Waals surface area contributed by atoms with Crippen LogP contribution < -0.4 is 5.32 Å². The van der Waals surface area contributed by atoms with Crippen LogP contribution in [0.1, 0.15) is 24.6 Å². The van der Waals surface area contributed by atoms with E-state index in [4.69, 9.17) is 23.2 Å². The molecule has 0 radical (unpaired) electrons. The monoisotopic (exact) mass is 430 g/mol. The van der Waals surface area contributed by atoms with E-state index in [1.165, 1.54) is 0 Å². The van der Waals surface area contributed by atoms with Gasteiger partial charge in [-0.3, -0.25) is 5.32 Å². The summed E-state index contributed by atoms with van der Waals surface area (Å²) in [5.74, 6) is -5.44. The molecule has 0 fully saturated rings. The summed E-state index contributed by atoms with van der Waals surface area (Å²) in [6.45, 7) is 0.818. The van der Waals surface area contributed by atoms with Crippen molar-refractivity contribution in [2.45, 2.75) is 31.2 Å². The molecular formula is C15H10Cl2F6N4. The molecule has 0 spiro atoms. The van der Waals surface area contributed by atoms with Crippen LogP contribution in [0.25, 0.3) is 0 Å². The Labute approximate surface area is 158 Å². The van der Waals surface area contributed by atoms with Crippen LogP contribution in [0.5, 0.6) is 0 Å². The van der Waals surface area contributed by atoms with Crippen LogP contribution in [0.3, 0.4) is 0 Å². The van der Waals surface area contributed by atoms with E-state index in [-0.39, 0.29) is 10.8 Å². The summed E-state index contributed by atoms with van der Waals surface area (Å²) in [6.07, 6.45) is -5.04. The maximum atomic E-state index is 14.3. The highest BCUT2D eigenvalue weighted by molar-refractivity contribution is 6.67. The second-order valence-electron chi connectivity index (χ2n) is 5.83. The fraction of sp³-hybridized carbons (Fsp3) is 0.333. The molecule has 1 aromatic carbocycles. The van der Waals surface area contributed by atoms with Crippen LogP contribution in [-0.4, -0.2) is 27.2 Å². The number of aliphatic imine (C=N–C) groups is 1. The Bertz CT molecular complexity index is 887. The zero-order chi connectivity index (χ0) is 20.1. The standard InChI is InChI=1S/C15H10Cl2F6N4/c1-5(15(21,22)23)25-14-11(10-8(19)2-6(18)3-9(10)20)12(17)26-13-7(16)4-24-27(13)14/h2-5,11,14,25H,1H3/t5-,11?,14?/m0/s1. The average molecular weight is 431 g/mol. The molecule has 3 atom stereocenters. The third-order valence-corrected chi connectivity index (χ3v) is 4.63. The van der Waals surface area contributed by atoms with Gasteiger partial charge in [0.05, 0.1) is 12.1 Å². The van der Waals surface area contributed by atoms with E-state index in [1.807, 2.05) is 0 Å². The molecule has 1 aromatic heterocycles. The highest BCUT2D eigenvalue weighted by atomic mass is 35.5. The minimum Gasteiger partial charge on any atom is -0.284 e. The molecule has 0 saturated carbocycles. The van der Waals surface area contributed by atoms with Gasteiger partial charge in [-0.2, -0.15) is 18.3 Å². The zero-order valence-corrected chi connectivity index (χ0v) is 14.8. The van der Waals surface area contributed by atoms with Gasteiger partial charge in [-0.05, 0) is 6.92 Å². The van der Waals surface area contributed by atoms with Gasteiger partial charge in [0.25, 0.3) is 0 Å². The highest BCUT2D eigenvalue weighted by Crippen LogP contribution is 2.43. The summed E-state index contributed by atoms with van der Waals surface area (Å²) >= 11 is 11.9. The molecular weight excluding hydrogens is 421 g/mol. The van der Waals surface area contributed by atoms with Gasteiger partial charge in [-0.1, -0.05) is 23.2 Å². The fourth-order valence-corrected chi connectivity index (χ4v) is 3.21. The molecule has 4 nitrogen and oxygen atoms in total. The van der Waals surface area contributed by atoms with Crippen molar-refractivity contribution in [1.82, 2.24) is 15.1 Å². The van der Waals surface area contributed by atoms with Crippen molar-refractivity contribution in [3.63, 3.8) is 0 Å². The molecule has 0 amide bonds. The van der Waals surface area contributed by atoms with Crippen molar-refractivity contribution < 1.29 is 26.3 Å². The van der Waals surface area contributed by atoms with Crippen LogP contribution in [-0.2, 0) is 0 Å². The van der Waals surface area contributed by atoms with Gasteiger partial charge in [0.15, 0.2) is 5.82 Å². The summed E-state index contributed by atoms with van der Waals surface area (Å²) in [7, 11) is 0. The van der Waals surface area contributed by atoms with E-state index in [1.54, 1.807) is 0 Å². The van der Waals surface area contributed by atoms with Crippen LogP contribution in [0.15, 0.2) is 23.3 Å². The van der Waals surface area contributed by atoms with Crippen molar-refractivity contribution in [2.75, 3.05) is 0 Å². The van der Waals surface area contributed by atoms with Gasteiger partial charge >= 0.3 is 6.18 Å². The number of rotatable bonds is 3. The molecule has 0 saturated heterocycles. The van der Waals surface area contributed by atoms with Gasteiger partial charge in [0.1, 0.15) is 39.9 Å². The van der Waals surface area contributed by atoms with Gasteiger partial charge in [0, 0.05) is 17.7 Å². The van der Waals surface area contributed by atoms with Crippen LogP contribution in [0.2, 0.25) is 5.02 Å².